The third-order valence-electron chi connectivity index (χ3n) is 5.64. The molecule has 3 aromatic heterocycles. The fraction of sp³-hybridized carbons (Fsp3) is 0.333. The molecule has 2 N–H and O–H groups in total. The summed E-state index contributed by atoms with van der Waals surface area (Å²) >= 11 is 3.13. The lowest BCUT2D eigenvalue weighted by molar-refractivity contribution is 0.254. The van der Waals surface area contributed by atoms with Crippen molar-refractivity contribution in [1.29, 1.82) is 0 Å². The molecule has 6 nitrogen and oxygen atoms in total. The molecule has 5 rings (SSSR count). The Balaban J connectivity index is 1.38. The Kier molecular flexibility index (Phi) is 5.75. The molecule has 0 saturated carbocycles. The highest BCUT2D eigenvalue weighted by Crippen LogP contribution is 2.36. The molecule has 0 fully saturated rings. The second-order valence-corrected chi connectivity index (χ2v) is 9.80. The fourth-order valence-electron chi connectivity index (χ4n) is 4.05. The van der Waals surface area contributed by atoms with Crippen molar-refractivity contribution in [3.05, 3.63) is 62.3 Å². The van der Waals surface area contributed by atoms with Crippen LogP contribution in [0.5, 0.6) is 11.5 Å². The van der Waals surface area contributed by atoms with Gasteiger partial charge in [0.2, 0.25) is 0 Å². The molecule has 2 atom stereocenters. The molecular weight excluding hydrogens is 442 g/mol. The molecule has 0 amide bonds. The third-order valence-corrected chi connectivity index (χ3v) is 7.41. The van der Waals surface area contributed by atoms with Gasteiger partial charge in [0.1, 0.15) is 28.3 Å². The molecule has 0 bridgehead atoms. The first-order valence-electron chi connectivity index (χ1n) is 10.8. The number of nitrogens with one attached hydrogen (secondary N) is 2. The van der Waals surface area contributed by atoms with Crippen molar-refractivity contribution in [3.8, 4) is 21.9 Å². The van der Waals surface area contributed by atoms with Crippen LogP contribution >= 0.6 is 22.7 Å². The number of aromatic nitrogens is 2. The number of benzene rings is 1. The Morgan fingerprint density at radius 1 is 1.38 bits per heavy atom. The Morgan fingerprint density at radius 3 is 3.03 bits per heavy atom. The molecule has 4 aromatic rings. The standard InChI is InChI=1S/C24H25N3O3S2/c1-4-29-18-9-15-8-13(2)30-19(15)10-16(18)11-25-14(3)22-26-23(28)21-17(12-32-24(21)27-22)20-6-5-7-31-20/h5-7,9-10,12-14,25H,4,8,11H2,1-3H3,(H,26,27,28). The van der Waals surface area contributed by atoms with Crippen molar-refractivity contribution < 1.29 is 9.47 Å². The number of ether oxygens (including phenoxy) is 2. The summed E-state index contributed by atoms with van der Waals surface area (Å²) in [5.41, 5.74) is 3.08. The second-order valence-electron chi connectivity index (χ2n) is 7.99. The third kappa shape index (κ3) is 3.94. The number of fused-ring (bicyclic) bond motifs is 2. The number of hydrogen-bond donors (Lipinski definition) is 2. The highest BCUT2D eigenvalue weighted by atomic mass is 32.1. The molecule has 8 heteroatoms. The van der Waals surface area contributed by atoms with Crippen molar-refractivity contribution in [2.45, 2.75) is 45.9 Å². The smallest absolute Gasteiger partial charge is 0.260 e. The molecule has 4 heterocycles. The Morgan fingerprint density at radius 2 is 2.25 bits per heavy atom. The summed E-state index contributed by atoms with van der Waals surface area (Å²) in [6, 6.07) is 8.04. The zero-order chi connectivity index (χ0) is 22.2. The van der Waals surface area contributed by atoms with Gasteiger partial charge in [-0.05, 0) is 44.4 Å². The summed E-state index contributed by atoms with van der Waals surface area (Å²) in [6.45, 7) is 7.25. The minimum atomic E-state index is -0.137. The Bertz CT molecular complexity index is 1310. The highest BCUT2D eigenvalue weighted by Gasteiger charge is 2.22. The van der Waals surface area contributed by atoms with Crippen LogP contribution in [0.25, 0.3) is 20.7 Å². The van der Waals surface area contributed by atoms with Crippen LogP contribution in [0.2, 0.25) is 0 Å². The molecule has 0 saturated heterocycles. The first-order chi connectivity index (χ1) is 15.5. The van der Waals surface area contributed by atoms with Crippen molar-refractivity contribution in [1.82, 2.24) is 15.3 Å². The minimum absolute atomic E-state index is 0.0989. The van der Waals surface area contributed by atoms with E-state index >= 15 is 0 Å². The molecular formula is C24H25N3O3S2. The first-order valence-corrected chi connectivity index (χ1v) is 12.5. The number of nitrogens with zero attached hydrogens (tertiary/aromatic N) is 1. The number of H-pyrrole nitrogens is 1. The van der Waals surface area contributed by atoms with Crippen LogP contribution < -0.4 is 20.3 Å². The van der Waals surface area contributed by atoms with Crippen LogP contribution in [0.1, 0.15) is 43.8 Å². The zero-order valence-corrected chi connectivity index (χ0v) is 19.9. The van der Waals surface area contributed by atoms with Crippen molar-refractivity contribution >= 4 is 32.9 Å². The van der Waals surface area contributed by atoms with Crippen LogP contribution in [-0.2, 0) is 13.0 Å². The number of aromatic amines is 1. The predicted molar refractivity (Wildman–Crippen MR) is 130 cm³/mol. The van der Waals surface area contributed by atoms with Gasteiger partial charge in [-0.2, -0.15) is 0 Å². The largest absolute Gasteiger partial charge is 0.494 e. The van der Waals surface area contributed by atoms with Crippen molar-refractivity contribution in [2.75, 3.05) is 6.61 Å². The van der Waals surface area contributed by atoms with Crippen LogP contribution in [0.3, 0.4) is 0 Å². The maximum Gasteiger partial charge on any atom is 0.260 e. The van der Waals surface area contributed by atoms with E-state index in [1.807, 2.05) is 36.7 Å². The van der Waals surface area contributed by atoms with Gasteiger partial charge in [0.05, 0.1) is 18.0 Å². The molecule has 2 unspecified atom stereocenters. The van der Waals surface area contributed by atoms with Crippen molar-refractivity contribution in [3.63, 3.8) is 0 Å². The minimum Gasteiger partial charge on any atom is -0.494 e. The van der Waals surface area contributed by atoms with Gasteiger partial charge < -0.3 is 19.8 Å². The molecule has 1 aromatic carbocycles. The maximum absolute atomic E-state index is 12.9. The normalized spacial score (nSPS) is 16.2. The second kappa shape index (κ2) is 8.69. The van der Waals surface area contributed by atoms with E-state index < -0.39 is 0 Å². The summed E-state index contributed by atoms with van der Waals surface area (Å²) in [5.74, 6) is 2.43. The van der Waals surface area contributed by atoms with Gasteiger partial charge in [-0.3, -0.25) is 4.79 Å². The zero-order valence-electron chi connectivity index (χ0n) is 18.2. The van der Waals surface area contributed by atoms with E-state index in [1.165, 1.54) is 16.9 Å². The first kappa shape index (κ1) is 21.2. The summed E-state index contributed by atoms with van der Waals surface area (Å²) in [5, 5.41) is 8.18. The molecule has 1 aliphatic rings. The van der Waals surface area contributed by atoms with Gasteiger partial charge in [0.15, 0.2) is 0 Å². The Labute approximate surface area is 194 Å². The summed E-state index contributed by atoms with van der Waals surface area (Å²) < 4.78 is 11.8. The number of hydrogen-bond acceptors (Lipinski definition) is 7. The molecule has 1 aliphatic heterocycles. The summed E-state index contributed by atoms with van der Waals surface area (Å²) in [4.78, 5) is 22.5. The molecule has 0 spiro atoms. The van der Waals surface area contributed by atoms with E-state index in [0.29, 0.717) is 24.4 Å². The van der Waals surface area contributed by atoms with E-state index in [1.54, 1.807) is 11.3 Å². The van der Waals surface area contributed by atoms with Gasteiger partial charge in [-0.25, -0.2) is 4.98 Å². The topological polar surface area (TPSA) is 76.2 Å². The van der Waals surface area contributed by atoms with E-state index in [2.05, 4.69) is 29.4 Å². The van der Waals surface area contributed by atoms with Crippen LogP contribution in [0.4, 0.5) is 0 Å². The summed E-state index contributed by atoms with van der Waals surface area (Å²) in [6.07, 6.45) is 1.09. The van der Waals surface area contributed by atoms with Gasteiger partial charge in [-0.1, -0.05) is 6.07 Å². The Hall–Kier alpha value is -2.68. The van der Waals surface area contributed by atoms with Crippen molar-refractivity contribution in [2.24, 2.45) is 0 Å². The predicted octanol–water partition coefficient (Wildman–Crippen LogP) is 5.29. The lowest BCUT2D eigenvalue weighted by atomic mass is 10.1. The lowest BCUT2D eigenvalue weighted by Gasteiger charge is -2.16. The van der Waals surface area contributed by atoms with Gasteiger partial charge in [0, 0.05) is 39.9 Å². The molecule has 166 valence electrons. The van der Waals surface area contributed by atoms with Crippen LogP contribution in [0.15, 0.2) is 39.8 Å². The van der Waals surface area contributed by atoms with E-state index in [4.69, 9.17) is 14.5 Å². The number of thiophene rings is 2. The molecule has 32 heavy (non-hydrogen) atoms. The van der Waals surface area contributed by atoms with Gasteiger partial charge in [-0.15, -0.1) is 22.7 Å². The van der Waals surface area contributed by atoms with E-state index in [0.717, 1.165) is 38.8 Å². The van der Waals surface area contributed by atoms with E-state index in [9.17, 15) is 4.79 Å². The monoisotopic (exact) mass is 467 g/mol. The van der Waals surface area contributed by atoms with Crippen LogP contribution in [-0.4, -0.2) is 22.7 Å². The van der Waals surface area contributed by atoms with E-state index in [-0.39, 0.29) is 17.7 Å². The SMILES string of the molecule is CCOc1cc2c(cc1CNC(C)c1nc3scc(-c4cccs4)c3c(=O)[nH]1)OC(C)C2. The van der Waals surface area contributed by atoms with Crippen LogP contribution in [0, 0.1) is 0 Å². The maximum atomic E-state index is 12.9. The molecule has 0 radical (unpaired) electrons. The average molecular weight is 468 g/mol. The summed E-state index contributed by atoms with van der Waals surface area (Å²) in [7, 11) is 0. The molecule has 0 aliphatic carbocycles. The quantitative estimate of drug-likeness (QED) is 0.386. The number of rotatable bonds is 7. The highest BCUT2D eigenvalue weighted by molar-refractivity contribution is 7.18. The van der Waals surface area contributed by atoms with Gasteiger partial charge in [0.25, 0.3) is 5.56 Å². The van der Waals surface area contributed by atoms with Gasteiger partial charge >= 0.3 is 0 Å². The lowest BCUT2D eigenvalue weighted by Crippen LogP contribution is -2.23. The average Bonchev–Trinajstić information content (AvgIpc) is 3.50. The fourth-order valence-corrected chi connectivity index (χ4v) is 5.82.